The summed E-state index contributed by atoms with van der Waals surface area (Å²) in [5.41, 5.74) is 2.08. The number of rotatable bonds is 5. The molecule has 2 aliphatic rings. The standard InChI is InChI=1S/C25H27N9O5/c35-24(28-20-7-12-39-31-20)27-17-3-1-16(2-4-17)21-29-22(32-10-13-38-14-11-32)19-15-26-34(23(19)30-21)18-5-8-33(9-6-18)25(36)37/h1-4,7,12,15,18H,5-6,8-11,13-14H2,(H,36,37)(H2,27,28,31,35). The lowest BCUT2D eigenvalue weighted by Crippen LogP contribution is -2.38. The fraction of sp³-hybridized carbons (Fsp3) is 0.360. The highest BCUT2D eigenvalue weighted by atomic mass is 16.5. The van der Waals surface area contributed by atoms with Crippen LogP contribution in [0.2, 0.25) is 0 Å². The molecule has 2 aliphatic heterocycles. The van der Waals surface area contributed by atoms with E-state index in [2.05, 4.69) is 25.8 Å². The van der Waals surface area contributed by atoms with E-state index < -0.39 is 12.1 Å². The second-order valence-corrected chi connectivity index (χ2v) is 9.34. The lowest BCUT2D eigenvalue weighted by atomic mass is 10.1. The maximum atomic E-state index is 12.2. The van der Waals surface area contributed by atoms with Gasteiger partial charge in [-0.2, -0.15) is 5.10 Å². The Morgan fingerprint density at radius 3 is 2.44 bits per heavy atom. The number of carbonyl (C=O) groups is 2. The molecule has 0 atom stereocenters. The van der Waals surface area contributed by atoms with Gasteiger partial charge in [0.25, 0.3) is 0 Å². The van der Waals surface area contributed by atoms with E-state index >= 15 is 0 Å². The van der Waals surface area contributed by atoms with Gasteiger partial charge in [0, 0.05) is 43.5 Å². The van der Waals surface area contributed by atoms with Crippen LogP contribution in [0.4, 0.5) is 26.9 Å². The monoisotopic (exact) mass is 533 g/mol. The number of amides is 3. The van der Waals surface area contributed by atoms with Crippen molar-refractivity contribution in [3.05, 3.63) is 42.8 Å². The highest BCUT2D eigenvalue weighted by Crippen LogP contribution is 2.32. The summed E-state index contributed by atoms with van der Waals surface area (Å²) < 4.78 is 12.2. The van der Waals surface area contributed by atoms with E-state index in [1.807, 2.05) is 16.8 Å². The summed E-state index contributed by atoms with van der Waals surface area (Å²) in [6.45, 7) is 3.54. The normalized spacial score (nSPS) is 16.4. The van der Waals surface area contributed by atoms with Crippen LogP contribution < -0.4 is 15.5 Å². The Morgan fingerprint density at radius 1 is 0.974 bits per heavy atom. The minimum absolute atomic E-state index is 0.0354. The van der Waals surface area contributed by atoms with E-state index in [9.17, 15) is 14.7 Å². The molecule has 14 heteroatoms. The summed E-state index contributed by atoms with van der Waals surface area (Å²) in [6, 6.07) is 8.39. The molecule has 0 spiro atoms. The Bertz CT molecular complexity index is 1460. The lowest BCUT2D eigenvalue weighted by molar-refractivity contribution is 0.122. The van der Waals surface area contributed by atoms with E-state index in [1.165, 1.54) is 11.2 Å². The number of likely N-dealkylation sites (tertiary alicyclic amines) is 1. The van der Waals surface area contributed by atoms with Crippen LogP contribution in [0.5, 0.6) is 0 Å². The van der Waals surface area contributed by atoms with Gasteiger partial charge in [-0.05, 0) is 37.1 Å². The minimum Gasteiger partial charge on any atom is -0.465 e. The second-order valence-electron chi connectivity index (χ2n) is 9.34. The van der Waals surface area contributed by atoms with E-state index in [1.54, 1.807) is 24.4 Å². The molecular weight excluding hydrogens is 506 g/mol. The largest absolute Gasteiger partial charge is 0.465 e. The van der Waals surface area contributed by atoms with E-state index in [4.69, 9.17) is 19.2 Å². The second kappa shape index (κ2) is 10.6. The topological polar surface area (TPSA) is 164 Å². The number of hydrogen-bond donors (Lipinski definition) is 3. The van der Waals surface area contributed by atoms with Crippen LogP contribution in [0.15, 0.2) is 47.3 Å². The predicted octanol–water partition coefficient (Wildman–Crippen LogP) is 3.28. The number of nitrogens with zero attached hydrogens (tertiary/aromatic N) is 7. The zero-order valence-electron chi connectivity index (χ0n) is 21.0. The van der Waals surface area contributed by atoms with Crippen molar-refractivity contribution in [2.24, 2.45) is 0 Å². The smallest absolute Gasteiger partial charge is 0.407 e. The molecule has 14 nitrogen and oxygen atoms in total. The molecule has 0 bridgehead atoms. The van der Waals surface area contributed by atoms with Crippen LogP contribution in [0.1, 0.15) is 18.9 Å². The van der Waals surface area contributed by atoms with Gasteiger partial charge in [0.05, 0.1) is 30.8 Å². The molecule has 39 heavy (non-hydrogen) atoms. The average Bonchev–Trinajstić information content (AvgIpc) is 3.63. The number of piperidine rings is 1. The summed E-state index contributed by atoms with van der Waals surface area (Å²) in [7, 11) is 0. The van der Waals surface area contributed by atoms with Crippen LogP contribution in [0.3, 0.4) is 0 Å². The van der Waals surface area contributed by atoms with E-state index in [0.29, 0.717) is 75.2 Å². The fourth-order valence-corrected chi connectivity index (χ4v) is 4.88. The van der Waals surface area contributed by atoms with Gasteiger partial charge in [-0.1, -0.05) is 5.16 Å². The molecule has 0 aliphatic carbocycles. The molecule has 1 aromatic carbocycles. The van der Waals surface area contributed by atoms with E-state index in [-0.39, 0.29) is 6.04 Å². The number of carboxylic acid groups (broad SMARTS) is 1. The highest BCUT2D eigenvalue weighted by molar-refractivity contribution is 5.99. The average molecular weight is 534 g/mol. The first-order valence-electron chi connectivity index (χ1n) is 12.7. The van der Waals surface area contributed by atoms with Crippen LogP contribution in [0, 0.1) is 0 Å². The molecule has 2 fully saturated rings. The first kappa shape index (κ1) is 24.6. The molecule has 6 rings (SSSR count). The number of aromatic nitrogens is 5. The van der Waals surface area contributed by atoms with Crippen molar-refractivity contribution in [3.8, 4) is 11.4 Å². The van der Waals surface area contributed by atoms with Crippen molar-refractivity contribution >= 4 is 40.5 Å². The number of benzene rings is 1. The Balaban J connectivity index is 1.29. The quantitative estimate of drug-likeness (QED) is 0.347. The summed E-state index contributed by atoms with van der Waals surface area (Å²) in [5.74, 6) is 1.64. The first-order chi connectivity index (χ1) is 19.0. The Labute approximate surface area is 222 Å². The molecule has 0 unspecified atom stereocenters. The minimum atomic E-state index is -0.897. The molecule has 202 valence electrons. The van der Waals surface area contributed by atoms with Gasteiger partial charge in [0.2, 0.25) is 0 Å². The number of hydrogen-bond acceptors (Lipinski definition) is 9. The SMILES string of the molecule is O=C(Nc1ccc(-c2nc(N3CCOCC3)c3cnn(C4CCN(C(=O)O)CC4)c3n2)cc1)Nc1ccon1. The Morgan fingerprint density at radius 2 is 1.74 bits per heavy atom. The number of anilines is 3. The van der Waals surface area contributed by atoms with Crippen molar-refractivity contribution in [1.29, 1.82) is 0 Å². The van der Waals surface area contributed by atoms with Gasteiger partial charge in [-0.15, -0.1) is 0 Å². The Hall–Kier alpha value is -4.72. The molecule has 3 aromatic heterocycles. The lowest BCUT2D eigenvalue weighted by Gasteiger charge is -2.30. The number of fused-ring (bicyclic) bond motifs is 1. The zero-order chi connectivity index (χ0) is 26.8. The highest BCUT2D eigenvalue weighted by Gasteiger charge is 2.27. The van der Waals surface area contributed by atoms with Crippen LogP contribution in [0.25, 0.3) is 22.4 Å². The third-order valence-electron chi connectivity index (χ3n) is 6.91. The van der Waals surface area contributed by atoms with Crippen molar-refractivity contribution in [2.45, 2.75) is 18.9 Å². The van der Waals surface area contributed by atoms with Gasteiger partial charge < -0.3 is 29.5 Å². The zero-order valence-corrected chi connectivity index (χ0v) is 21.0. The Kier molecular flexibility index (Phi) is 6.67. The molecule has 2 saturated heterocycles. The number of morpholine rings is 1. The maximum Gasteiger partial charge on any atom is 0.407 e. The molecular formula is C25H27N9O5. The number of ether oxygens (including phenoxy) is 1. The molecule has 3 amide bonds. The van der Waals surface area contributed by atoms with Gasteiger partial charge in [-0.3, -0.25) is 5.32 Å². The summed E-state index contributed by atoms with van der Waals surface area (Å²) in [4.78, 5) is 37.1. The summed E-state index contributed by atoms with van der Waals surface area (Å²) >= 11 is 0. The van der Waals surface area contributed by atoms with E-state index in [0.717, 1.165) is 16.8 Å². The molecule has 0 radical (unpaired) electrons. The van der Waals surface area contributed by atoms with Gasteiger partial charge in [-0.25, -0.2) is 24.2 Å². The molecule has 5 heterocycles. The molecule has 0 saturated carbocycles. The maximum absolute atomic E-state index is 12.2. The third kappa shape index (κ3) is 5.18. The van der Waals surface area contributed by atoms with Gasteiger partial charge >= 0.3 is 12.1 Å². The number of carbonyl (C=O) groups excluding carboxylic acids is 1. The summed E-state index contributed by atoms with van der Waals surface area (Å²) in [5, 5.41) is 23.9. The van der Waals surface area contributed by atoms with Crippen molar-refractivity contribution in [3.63, 3.8) is 0 Å². The van der Waals surface area contributed by atoms with Gasteiger partial charge in [0.15, 0.2) is 17.3 Å². The van der Waals surface area contributed by atoms with Crippen LogP contribution in [-0.4, -0.2) is 86.4 Å². The van der Waals surface area contributed by atoms with Crippen molar-refractivity contribution in [1.82, 2.24) is 29.8 Å². The van der Waals surface area contributed by atoms with Gasteiger partial charge in [0.1, 0.15) is 12.1 Å². The number of nitrogens with one attached hydrogen (secondary N) is 2. The van der Waals surface area contributed by atoms with Crippen molar-refractivity contribution in [2.75, 3.05) is 54.9 Å². The van der Waals surface area contributed by atoms with Crippen LogP contribution in [-0.2, 0) is 4.74 Å². The first-order valence-corrected chi connectivity index (χ1v) is 12.7. The summed E-state index contributed by atoms with van der Waals surface area (Å²) in [6.07, 6.45) is 3.59. The van der Waals surface area contributed by atoms with Crippen molar-refractivity contribution < 1.29 is 24.0 Å². The third-order valence-corrected chi connectivity index (χ3v) is 6.91. The fourth-order valence-electron chi connectivity index (χ4n) is 4.88. The predicted molar refractivity (Wildman–Crippen MR) is 141 cm³/mol. The van der Waals surface area contributed by atoms with Crippen LogP contribution >= 0.6 is 0 Å². The number of urea groups is 1. The molecule has 3 N–H and O–H groups in total. The molecule has 4 aromatic rings.